The number of thiazole rings is 1. The van der Waals surface area contributed by atoms with Crippen LogP contribution in [0.4, 0.5) is 5.13 Å². The predicted octanol–water partition coefficient (Wildman–Crippen LogP) is 2.52. The Morgan fingerprint density at radius 3 is 3.12 bits per heavy atom. The summed E-state index contributed by atoms with van der Waals surface area (Å²) < 4.78 is 0. The molecule has 0 saturated heterocycles. The number of hydrogen-bond acceptors (Lipinski definition) is 6. The van der Waals surface area contributed by atoms with E-state index >= 15 is 0 Å². The van der Waals surface area contributed by atoms with Crippen LogP contribution >= 0.6 is 22.7 Å². The summed E-state index contributed by atoms with van der Waals surface area (Å²) >= 11 is 2.76. The van der Waals surface area contributed by atoms with Gasteiger partial charge >= 0.3 is 0 Å². The van der Waals surface area contributed by atoms with Crippen molar-refractivity contribution in [3.05, 3.63) is 39.8 Å². The summed E-state index contributed by atoms with van der Waals surface area (Å²) in [5.74, 6) is -0.473. The predicted molar refractivity (Wildman–Crippen MR) is 92.6 cm³/mol. The van der Waals surface area contributed by atoms with Gasteiger partial charge in [0, 0.05) is 6.54 Å². The molecule has 0 atom stereocenters. The summed E-state index contributed by atoms with van der Waals surface area (Å²) in [6, 6.07) is 5.59. The molecule has 9 heteroatoms. The summed E-state index contributed by atoms with van der Waals surface area (Å²) in [5, 5.41) is 14.8. The van der Waals surface area contributed by atoms with E-state index in [9.17, 15) is 9.59 Å². The number of nitrogens with one attached hydrogen (secondary N) is 3. The zero-order valence-corrected chi connectivity index (χ0v) is 14.1. The van der Waals surface area contributed by atoms with E-state index in [-0.39, 0.29) is 17.5 Å². The maximum absolute atomic E-state index is 12.3. The fraction of sp³-hybridized carbons (Fsp3) is 0.200. The highest BCUT2D eigenvalue weighted by Crippen LogP contribution is 2.27. The number of rotatable bonds is 3. The second kappa shape index (κ2) is 6.17. The van der Waals surface area contributed by atoms with Crippen LogP contribution in [0.3, 0.4) is 0 Å². The lowest BCUT2D eigenvalue weighted by Gasteiger charge is -1.98. The smallest absolute Gasteiger partial charge is 0.277 e. The first-order valence-electron chi connectivity index (χ1n) is 7.39. The van der Waals surface area contributed by atoms with Crippen molar-refractivity contribution >= 4 is 39.6 Å². The average molecular weight is 359 g/mol. The van der Waals surface area contributed by atoms with E-state index in [1.54, 1.807) is 17.4 Å². The van der Waals surface area contributed by atoms with Crippen LogP contribution in [0.1, 0.15) is 32.3 Å². The molecule has 4 rings (SSSR count). The Kier molecular flexibility index (Phi) is 3.87. The molecule has 0 fully saturated rings. The van der Waals surface area contributed by atoms with Crippen molar-refractivity contribution in [3.63, 3.8) is 0 Å². The van der Waals surface area contributed by atoms with Gasteiger partial charge in [-0.1, -0.05) is 17.4 Å². The molecular weight excluding hydrogens is 346 g/mol. The van der Waals surface area contributed by atoms with E-state index in [0.29, 0.717) is 16.6 Å². The monoisotopic (exact) mass is 359 g/mol. The van der Waals surface area contributed by atoms with Gasteiger partial charge in [-0.15, -0.1) is 11.3 Å². The van der Waals surface area contributed by atoms with Crippen molar-refractivity contribution in [3.8, 4) is 10.6 Å². The molecule has 4 heterocycles. The molecule has 0 bridgehead atoms. The number of thiophene rings is 1. The Labute approximate surface area is 145 Å². The van der Waals surface area contributed by atoms with Gasteiger partial charge in [0.15, 0.2) is 10.8 Å². The SMILES string of the molecule is O=C(Nc1nc2c(s1)C(=O)NCCC2)c1cc(-c2cccs2)[nH]n1. The van der Waals surface area contributed by atoms with Gasteiger partial charge in [-0.2, -0.15) is 5.10 Å². The molecule has 0 spiro atoms. The first-order chi connectivity index (χ1) is 11.7. The molecule has 1 aliphatic rings. The fourth-order valence-corrected chi connectivity index (χ4v) is 4.06. The number of H-pyrrole nitrogens is 1. The lowest BCUT2D eigenvalue weighted by atomic mass is 10.2. The summed E-state index contributed by atoms with van der Waals surface area (Å²) in [6.07, 6.45) is 1.57. The van der Waals surface area contributed by atoms with Crippen molar-refractivity contribution in [2.24, 2.45) is 0 Å². The lowest BCUT2D eigenvalue weighted by Crippen LogP contribution is -2.21. The molecule has 122 valence electrons. The highest BCUT2D eigenvalue weighted by molar-refractivity contribution is 7.17. The molecular formula is C15H13N5O2S2. The van der Waals surface area contributed by atoms with Crippen LogP contribution in [0.25, 0.3) is 10.6 Å². The first-order valence-corrected chi connectivity index (χ1v) is 9.09. The summed E-state index contributed by atoms with van der Waals surface area (Å²) in [4.78, 5) is 30.2. The third-order valence-electron chi connectivity index (χ3n) is 3.60. The van der Waals surface area contributed by atoms with E-state index in [2.05, 4.69) is 25.8 Å². The van der Waals surface area contributed by atoms with Crippen molar-refractivity contribution in [2.45, 2.75) is 12.8 Å². The number of fused-ring (bicyclic) bond motifs is 1. The van der Waals surface area contributed by atoms with Crippen LogP contribution in [-0.4, -0.2) is 33.5 Å². The number of carbonyl (C=O) groups excluding carboxylic acids is 2. The van der Waals surface area contributed by atoms with Gasteiger partial charge in [-0.3, -0.25) is 20.0 Å². The van der Waals surface area contributed by atoms with Gasteiger partial charge in [0.2, 0.25) is 0 Å². The molecule has 24 heavy (non-hydrogen) atoms. The van der Waals surface area contributed by atoms with Crippen LogP contribution in [0, 0.1) is 0 Å². The van der Waals surface area contributed by atoms with E-state index in [4.69, 9.17) is 0 Å². The van der Waals surface area contributed by atoms with Gasteiger partial charge in [-0.25, -0.2) is 4.98 Å². The molecule has 3 aromatic heterocycles. The molecule has 0 saturated carbocycles. The molecule has 0 aliphatic carbocycles. The maximum atomic E-state index is 12.3. The molecule has 0 radical (unpaired) electrons. The Morgan fingerprint density at radius 1 is 1.38 bits per heavy atom. The van der Waals surface area contributed by atoms with Gasteiger partial charge in [-0.05, 0) is 30.4 Å². The molecule has 7 nitrogen and oxygen atoms in total. The number of carbonyl (C=O) groups is 2. The van der Waals surface area contributed by atoms with Crippen LogP contribution in [0.5, 0.6) is 0 Å². The standard InChI is InChI=1S/C15H13N5O2S2/c21-13(10-7-9(19-20-10)11-4-2-6-23-11)18-15-17-8-3-1-5-16-14(22)12(8)24-15/h2,4,6-7H,1,3,5H2,(H,16,22)(H,19,20)(H,17,18,21). The van der Waals surface area contributed by atoms with Crippen LogP contribution in [-0.2, 0) is 6.42 Å². The molecule has 3 N–H and O–H groups in total. The highest BCUT2D eigenvalue weighted by atomic mass is 32.1. The average Bonchev–Trinajstić information content (AvgIpc) is 3.29. The topological polar surface area (TPSA) is 99.8 Å². The van der Waals surface area contributed by atoms with Gasteiger partial charge in [0.05, 0.1) is 16.3 Å². The van der Waals surface area contributed by atoms with E-state index < -0.39 is 0 Å². The van der Waals surface area contributed by atoms with Crippen LogP contribution < -0.4 is 10.6 Å². The van der Waals surface area contributed by atoms with Crippen LogP contribution in [0.2, 0.25) is 0 Å². The molecule has 3 aromatic rings. The highest BCUT2D eigenvalue weighted by Gasteiger charge is 2.22. The number of aryl methyl sites for hydroxylation is 1. The lowest BCUT2D eigenvalue weighted by molar-refractivity contribution is 0.0958. The second-order valence-electron chi connectivity index (χ2n) is 5.25. The first kappa shape index (κ1) is 15.0. The quantitative estimate of drug-likeness (QED) is 0.669. The summed E-state index contributed by atoms with van der Waals surface area (Å²) in [5.41, 5.74) is 1.82. The van der Waals surface area contributed by atoms with Crippen molar-refractivity contribution in [1.82, 2.24) is 20.5 Å². The Balaban J connectivity index is 1.52. The van der Waals surface area contributed by atoms with E-state index in [1.165, 1.54) is 11.3 Å². The van der Waals surface area contributed by atoms with Gasteiger partial charge in [0.25, 0.3) is 11.8 Å². The minimum atomic E-state index is -0.349. The number of aromatic amines is 1. The van der Waals surface area contributed by atoms with Crippen molar-refractivity contribution in [1.29, 1.82) is 0 Å². The summed E-state index contributed by atoms with van der Waals surface area (Å²) in [6.45, 7) is 0.655. The summed E-state index contributed by atoms with van der Waals surface area (Å²) in [7, 11) is 0. The van der Waals surface area contributed by atoms with Crippen molar-refractivity contribution < 1.29 is 9.59 Å². The zero-order valence-electron chi connectivity index (χ0n) is 12.5. The minimum Gasteiger partial charge on any atom is -0.351 e. The Bertz CT molecular complexity index is 897. The molecule has 0 unspecified atom stereocenters. The zero-order chi connectivity index (χ0) is 16.5. The van der Waals surface area contributed by atoms with E-state index in [0.717, 1.165) is 29.1 Å². The fourth-order valence-electron chi connectivity index (χ4n) is 2.45. The number of aromatic nitrogens is 3. The Morgan fingerprint density at radius 2 is 2.29 bits per heavy atom. The van der Waals surface area contributed by atoms with Gasteiger partial charge in [0.1, 0.15) is 4.88 Å². The molecule has 2 amide bonds. The minimum absolute atomic E-state index is 0.125. The van der Waals surface area contributed by atoms with Gasteiger partial charge < -0.3 is 5.32 Å². The number of amides is 2. The third-order valence-corrected chi connectivity index (χ3v) is 5.51. The Hall–Kier alpha value is -2.52. The van der Waals surface area contributed by atoms with E-state index in [1.807, 2.05) is 17.5 Å². The van der Waals surface area contributed by atoms with Crippen LogP contribution in [0.15, 0.2) is 23.6 Å². The second-order valence-corrected chi connectivity index (χ2v) is 7.20. The molecule has 0 aromatic carbocycles. The molecule has 1 aliphatic heterocycles. The maximum Gasteiger partial charge on any atom is 0.277 e. The third kappa shape index (κ3) is 2.83. The number of anilines is 1. The normalized spacial score (nSPS) is 13.9. The number of nitrogens with zero attached hydrogens (tertiary/aromatic N) is 2. The largest absolute Gasteiger partial charge is 0.351 e. The van der Waals surface area contributed by atoms with Crippen molar-refractivity contribution in [2.75, 3.05) is 11.9 Å². The number of hydrogen-bond donors (Lipinski definition) is 3.